The third kappa shape index (κ3) is 5.98. The number of halogens is 2. The van der Waals surface area contributed by atoms with Crippen LogP contribution in [0.25, 0.3) is 0 Å². The molecule has 40 heavy (non-hydrogen) atoms. The van der Waals surface area contributed by atoms with E-state index in [9.17, 15) is 24.6 Å². The summed E-state index contributed by atoms with van der Waals surface area (Å²) in [6, 6.07) is 7.14. The van der Waals surface area contributed by atoms with Gasteiger partial charge in [-0.05, 0) is 42.3 Å². The molecule has 0 fully saturated rings. The standard InChI is InChI=1S/C29H32Cl2N2O7/c1-3-4-5-24(36)33(14-17-6-7-18(30)12-21(17)31)22-13-20(29(38)32-8-9-34)25-19-10-16(15-35)11-23(39-2)27(19)40-28(25)26(22)37/h6-7,10-13,15,22,25-26,28,34,37H,3-5,8-9,14H2,1-2H3,(H,32,38). The molecular weight excluding hydrogens is 559 g/mol. The smallest absolute Gasteiger partial charge is 0.247 e. The predicted molar refractivity (Wildman–Crippen MR) is 150 cm³/mol. The highest BCUT2D eigenvalue weighted by atomic mass is 35.5. The molecule has 9 nitrogen and oxygen atoms in total. The maximum atomic E-state index is 13.6. The molecule has 0 bridgehead atoms. The molecule has 2 aromatic rings. The molecule has 11 heteroatoms. The van der Waals surface area contributed by atoms with Crippen LogP contribution in [0.1, 0.15) is 53.6 Å². The summed E-state index contributed by atoms with van der Waals surface area (Å²) < 4.78 is 11.7. The third-order valence-electron chi connectivity index (χ3n) is 7.19. The summed E-state index contributed by atoms with van der Waals surface area (Å²) in [5.41, 5.74) is 1.70. The van der Waals surface area contributed by atoms with Gasteiger partial charge >= 0.3 is 0 Å². The number of amides is 2. The van der Waals surface area contributed by atoms with E-state index in [1.165, 1.54) is 18.1 Å². The van der Waals surface area contributed by atoms with Gasteiger partial charge in [-0.2, -0.15) is 0 Å². The minimum atomic E-state index is -1.24. The normalized spacial score (nSPS) is 21.0. The van der Waals surface area contributed by atoms with Crippen molar-refractivity contribution in [1.82, 2.24) is 10.2 Å². The number of benzene rings is 2. The summed E-state index contributed by atoms with van der Waals surface area (Å²) >= 11 is 12.5. The van der Waals surface area contributed by atoms with Crippen LogP contribution in [-0.4, -0.2) is 71.7 Å². The number of nitrogens with zero attached hydrogens (tertiary/aromatic N) is 1. The van der Waals surface area contributed by atoms with Gasteiger partial charge in [0.05, 0.1) is 25.7 Å². The second kappa shape index (κ2) is 13.0. The Morgan fingerprint density at radius 2 is 2.00 bits per heavy atom. The van der Waals surface area contributed by atoms with Gasteiger partial charge < -0.3 is 29.9 Å². The van der Waals surface area contributed by atoms with Gasteiger partial charge in [0.2, 0.25) is 11.8 Å². The number of aldehydes is 1. The number of aliphatic hydroxyl groups excluding tert-OH is 2. The van der Waals surface area contributed by atoms with Gasteiger partial charge in [-0.25, -0.2) is 0 Å². The van der Waals surface area contributed by atoms with Crippen LogP contribution in [0.4, 0.5) is 0 Å². The van der Waals surface area contributed by atoms with Crippen LogP contribution in [0.3, 0.4) is 0 Å². The Labute approximate surface area is 242 Å². The van der Waals surface area contributed by atoms with Crippen molar-refractivity contribution in [1.29, 1.82) is 0 Å². The molecule has 0 saturated heterocycles. The number of ether oxygens (including phenoxy) is 2. The zero-order valence-electron chi connectivity index (χ0n) is 22.2. The van der Waals surface area contributed by atoms with Crippen molar-refractivity contribution >= 4 is 41.3 Å². The van der Waals surface area contributed by atoms with Crippen molar-refractivity contribution in [2.75, 3.05) is 20.3 Å². The average molecular weight is 591 g/mol. The van der Waals surface area contributed by atoms with Crippen LogP contribution < -0.4 is 14.8 Å². The van der Waals surface area contributed by atoms with Crippen LogP contribution in [0, 0.1) is 0 Å². The summed E-state index contributed by atoms with van der Waals surface area (Å²) in [4.78, 5) is 40.1. The summed E-state index contributed by atoms with van der Waals surface area (Å²) in [5.74, 6) is -0.859. The molecule has 1 aliphatic heterocycles. The Hall–Kier alpha value is -3.11. The number of hydrogen-bond donors (Lipinski definition) is 3. The fourth-order valence-electron chi connectivity index (χ4n) is 5.22. The zero-order chi connectivity index (χ0) is 29.0. The van der Waals surface area contributed by atoms with Crippen molar-refractivity contribution in [3.63, 3.8) is 0 Å². The molecular formula is C29H32Cl2N2O7. The highest BCUT2D eigenvalue weighted by molar-refractivity contribution is 6.35. The molecule has 1 heterocycles. The van der Waals surface area contributed by atoms with Crippen molar-refractivity contribution in [2.45, 2.75) is 56.9 Å². The predicted octanol–water partition coefficient (Wildman–Crippen LogP) is 3.66. The molecule has 2 aromatic carbocycles. The van der Waals surface area contributed by atoms with Crippen LogP contribution in [0.5, 0.6) is 11.5 Å². The van der Waals surface area contributed by atoms with Crippen molar-refractivity contribution < 1.29 is 34.1 Å². The SMILES string of the molecule is CCCCC(=O)N(Cc1ccc(Cl)cc1Cl)C1C=C(C(=O)NCCO)C2c3cc(C=O)cc(OC)c3OC2C1O. The summed E-state index contributed by atoms with van der Waals surface area (Å²) in [6.45, 7) is 1.77. The number of rotatable bonds is 11. The second-order valence-corrected chi connectivity index (χ2v) is 10.6. The maximum absolute atomic E-state index is 13.6. The van der Waals surface area contributed by atoms with E-state index < -0.39 is 30.1 Å². The number of hydrogen-bond acceptors (Lipinski definition) is 7. The molecule has 2 aliphatic rings. The minimum Gasteiger partial charge on any atom is -0.493 e. The van der Waals surface area contributed by atoms with E-state index in [4.69, 9.17) is 32.7 Å². The first kappa shape index (κ1) is 29.9. The Bertz CT molecular complexity index is 1320. The third-order valence-corrected chi connectivity index (χ3v) is 7.78. The largest absolute Gasteiger partial charge is 0.493 e. The van der Waals surface area contributed by atoms with Gasteiger partial charge in [0, 0.05) is 46.3 Å². The molecule has 0 spiro atoms. The Morgan fingerprint density at radius 1 is 1.23 bits per heavy atom. The van der Waals surface area contributed by atoms with Crippen molar-refractivity contribution in [3.05, 3.63) is 68.7 Å². The van der Waals surface area contributed by atoms with Crippen LogP contribution in [-0.2, 0) is 16.1 Å². The Kier molecular flexibility index (Phi) is 9.73. The Morgan fingerprint density at radius 3 is 2.65 bits per heavy atom. The van der Waals surface area contributed by atoms with Crippen LogP contribution in [0.15, 0.2) is 42.0 Å². The van der Waals surface area contributed by atoms with Gasteiger partial charge in [0.1, 0.15) is 18.5 Å². The van der Waals surface area contributed by atoms with Crippen LogP contribution >= 0.6 is 23.2 Å². The van der Waals surface area contributed by atoms with E-state index >= 15 is 0 Å². The fourth-order valence-corrected chi connectivity index (χ4v) is 5.69. The number of fused-ring (bicyclic) bond motifs is 3. The van der Waals surface area contributed by atoms with E-state index in [-0.39, 0.29) is 43.3 Å². The quantitative estimate of drug-likeness (QED) is 0.341. The molecule has 3 N–H and O–H groups in total. The summed E-state index contributed by atoms with van der Waals surface area (Å²) in [5, 5.41) is 24.5. The number of carbonyl (C=O) groups excluding carboxylic acids is 3. The van der Waals surface area contributed by atoms with E-state index in [2.05, 4.69) is 5.32 Å². The van der Waals surface area contributed by atoms with E-state index in [0.717, 1.165) is 6.42 Å². The highest BCUT2D eigenvalue weighted by Crippen LogP contribution is 2.51. The van der Waals surface area contributed by atoms with Crippen molar-refractivity contribution in [3.8, 4) is 11.5 Å². The lowest BCUT2D eigenvalue weighted by Crippen LogP contribution is -2.55. The zero-order valence-corrected chi connectivity index (χ0v) is 23.7. The molecule has 4 rings (SSSR count). The molecule has 4 atom stereocenters. The fraction of sp³-hybridized carbons (Fsp3) is 0.414. The minimum absolute atomic E-state index is 0.00568. The molecule has 0 aromatic heterocycles. The van der Waals surface area contributed by atoms with E-state index in [1.807, 2.05) is 6.92 Å². The monoisotopic (exact) mass is 590 g/mol. The topological polar surface area (TPSA) is 125 Å². The second-order valence-electron chi connectivity index (χ2n) is 9.76. The number of nitrogens with one attached hydrogen (secondary N) is 1. The lowest BCUT2D eigenvalue weighted by molar-refractivity contribution is -0.138. The molecule has 4 unspecified atom stereocenters. The van der Waals surface area contributed by atoms with E-state index in [1.54, 1.807) is 30.3 Å². The lowest BCUT2D eigenvalue weighted by Gasteiger charge is -2.41. The number of unbranched alkanes of at least 4 members (excludes halogenated alkanes) is 1. The summed E-state index contributed by atoms with van der Waals surface area (Å²) in [7, 11) is 1.43. The first-order valence-corrected chi connectivity index (χ1v) is 13.9. The maximum Gasteiger partial charge on any atom is 0.247 e. The van der Waals surface area contributed by atoms with Gasteiger partial charge in [-0.3, -0.25) is 14.4 Å². The average Bonchev–Trinajstić information content (AvgIpc) is 3.34. The molecule has 0 radical (unpaired) electrons. The molecule has 1 aliphatic carbocycles. The first-order chi connectivity index (χ1) is 19.2. The molecule has 214 valence electrons. The number of carbonyl (C=O) groups is 3. The highest BCUT2D eigenvalue weighted by Gasteiger charge is 2.51. The Balaban J connectivity index is 1.82. The van der Waals surface area contributed by atoms with Gasteiger partial charge in [-0.1, -0.05) is 42.6 Å². The van der Waals surface area contributed by atoms with Crippen LogP contribution in [0.2, 0.25) is 10.0 Å². The molecule has 2 amide bonds. The lowest BCUT2D eigenvalue weighted by atomic mass is 9.77. The van der Waals surface area contributed by atoms with Crippen molar-refractivity contribution in [2.24, 2.45) is 0 Å². The number of aliphatic hydroxyl groups is 2. The first-order valence-electron chi connectivity index (χ1n) is 13.1. The molecule has 0 saturated carbocycles. The van der Waals surface area contributed by atoms with E-state index in [0.29, 0.717) is 45.2 Å². The van der Waals surface area contributed by atoms with Gasteiger partial charge in [0.15, 0.2) is 11.5 Å². The van der Waals surface area contributed by atoms with Gasteiger partial charge in [0.25, 0.3) is 0 Å². The van der Waals surface area contributed by atoms with Gasteiger partial charge in [-0.15, -0.1) is 0 Å². The number of methoxy groups -OCH3 is 1. The summed E-state index contributed by atoms with van der Waals surface area (Å²) in [6.07, 6.45) is 1.70.